The number of hydrogen-bond donors (Lipinski definition) is 2. The second-order valence-electron chi connectivity index (χ2n) is 6.33. The van der Waals surface area contributed by atoms with Gasteiger partial charge in [-0.3, -0.25) is 19.8 Å². The highest BCUT2D eigenvalue weighted by atomic mass is 79.9. The molecule has 2 aromatic rings. The minimum absolute atomic E-state index is 0.0319. The van der Waals surface area contributed by atoms with Crippen molar-refractivity contribution in [2.24, 2.45) is 0 Å². The highest BCUT2D eigenvalue weighted by Gasteiger charge is 2.35. The lowest BCUT2D eigenvalue weighted by Gasteiger charge is -2.29. The van der Waals surface area contributed by atoms with Gasteiger partial charge in [0.25, 0.3) is 11.8 Å². The fraction of sp³-hybridized carbons (Fsp3) is 0.0909. The Hall–Kier alpha value is -3.68. The molecule has 0 atom stereocenters. The quantitative estimate of drug-likeness (QED) is 0.264. The van der Waals surface area contributed by atoms with Crippen LogP contribution in [-0.4, -0.2) is 41.7 Å². The first-order valence-electron chi connectivity index (χ1n) is 8.95. The van der Waals surface area contributed by atoms with Crippen LogP contribution in [0.4, 0.5) is 5.69 Å². The number of nitrogens with zero attached hydrogens (tertiary/aromatic N) is 1. The minimum Gasteiger partial charge on any atom is -0.493 e. The number of carbonyl (C=O) groups excluding carboxylic acids is 2. The van der Waals surface area contributed by atoms with E-state index in [4.69, 9.17) is 28.1 Å². The van der Waals surface area contributed by atoms with E-state index < -0.39 is 17.8 Å². The van der Waals surface area contributed by atoms with Crippen LogP contribution in [-0.2, 0) is 9.59 Å². The van der Waals surface area contributed by atoms with Crippen LogP contribution in [0.1, 0.15) is 15.9 Å². The summed E-state index contributed by atoms with van der Waals surface area (Å²) in [6.45, 7) is 0.0337. The maximum absolute atomic E-state index is 13.2. The normalized spacial score (nSPS) is 14.7. The molecule has 0 saturated carbocycles. The summed E-state index contributed by atoms with van der Waals surface area (Å²) in [5.74, 6) is 0.526. The number of hydrogen-bond acceptors (Lipinski definition) is 6. The van der Waals surface area contributed by atoms with Gasteiger partial charge in [0.1, 0.15) is 12.2 Å². The predicted octanol–water partition coefficient (Wildman–Crippen LogP) is 3.00. The molecule has 1 heterocycles. The molecule has 1 saturated heterocycles. The number of carboxylic acid groups (broad SMARTS) is 1. The summed E-state index contributed by atoms with van der Waals surface area (Å²) in [6, 6.07) is 8.84. The third kappa shape index (κ3) is 4.64. The van der Waals surface area contributed by atoms with Crippen molar-refractivity contribution in [1.29, 1.82) is 0 Å². The average Bonchev–Trinajstić information content (AvgIpc) is 2.76. The van der Waals surface area contributed by atoms with Gasteiger partial charge >= 0.3 is 5.97 Å². The van der Waals surface area contributed by atoms with E-state index in [-0.39, 0.29) is 28.5 Å². The van der Waals surface area contributed by atoms with Crippen molar-refractivity contribution in [2.75, 3.05) is 18.6 Å². The Morgan fingerprint density at radius 1 is 1.31 bits per heavy atom. The number of terminal acetylenes is 1. The molecule has 1 fully saturated rings. The predicted molar refractivity (Wildman–Crippen MR) is 125 cm³/mol. The molecule has 10 heteroatoms. The molecule has 8 nitrogen and oxygen atoms in total. The van der Waals surface area contributed by atoms with Crippen LogP contribution >= 0.6 is 28.1 Å². The summed E-state index contributed by atoms with van der Waals surface area (Å²) < 4.78 is 11.3. The van der Waals surface area contributed by atoms with Gasteiger partial charge in [0.15, 0.2) is 16.6 Å². The molecule has 0 bridgehead atoms. The number of halogens is 1. The molecule has 0 radical (unpaired) electrons. The number of rotatable bonds is 6. The van der Waals surface area contributed by atoms with Crippen LogP contribution in [0.15, 0.2) is 46.4 Å². The summed E-state index contributed by atoms with van der Waals surface area (Å²) >= 11 is 8.54. The molecular formula is C22H15BrN2O6S. The summed E-state index contributed by atoms with van der Waals surface area (Å²) in [5.41, 5.74) is 0.427. The van der Waals surface area contributed by atoms with Gasteiger partial charge in [-0.2, -0.15) is 0 Å². The maximum atomic E-state index is 13.2. The molecule has 0 aliphatic carbocycles. The molecule has 1 aliphatic heterocycles. The number of thiocarbonyl (C=S) groups is 1. The average molecular weight is 515 g/mol. The number of anilines is 1. The van der Waals surface area contributed by atoms with E-state index in [9.17, 15) is 19.5 Å². The molecular weight excluding hydrogens is 500 g/mol. The maximum Gasteiger partial charge on any atom is 0.335 e. The fourth-order valence-electron chi connectivity index (χ4n) is 2.88. The summed E-state index contributed by atoms with van der Waals surface area (Å²) in [4.78, 5) is 38.1. The Kier molecular flexibility index (Phi) is 6.92. The first kappa shape index (κ1) is 23.0. The lowest BCUT2D eigenvalue weighted by Crippen LogP contribution is -2.54. The van der Waals surface area contributed by atoms with Gasteiger partial charge < -0.3 is 14.6 Å². The Balaban J connectivity index is 2.04. The third-order valence-electron chi connectivity index (χ3n) is 4.35. The van der Waals surface area contributed by atoms with Gasteiger partial charge in [0.2, 0.25) is 0 Å². The first-order chi connectivity index (χ1) is 15.3. The number of carboxylic acids is 1. The highest BCUT2D eigenvalue weighted by Crippen LogP contribution is 2.35. The highest BCUT2D eigenvalue weighted by molar-refractivity contribution is 9.10. The Morgan fingerprint density at radius 3 is 2.72 bits per heavy atom. The second-order valence-corrected chi connectivity index (χ2v) is 7.57. The molecule has 32 heavy (non-hydrogen) atoms. The van der Waals surface area contributed by atoms with Crippen LogP contribution in [0.2, 0.25) is 0 Å². The van der Waals surface area contributed by atoms with Crippen LogP contribution in [0, 0.1) is 12.3 Å². The number of methoxy groups -OCH3 is 1. The van der Waals surface area contributed by atoms with E-state index in [1.165, 1.54) is 37.5 Å². The van der Waals surface area contributed by atoms with Crippen molar-refractivity contribution in [1.82, 2.24) is 5.32 Å². The number of carbonyl (C=O) groups is 3. The Labute approximate surface area is 196 Å². The van der Waals surface area contributed by atoms with Crippen molar-refractivity contribution in [3.63, 3.8) is 0 Å². The van der Waals surface area contributed by atoms with Crippen LogP contribution in [0.5, 0.6) is 11.5 Å². The van der Waals surface area contributed by atoms with E-state index in [1.54, 1.807) is 12.1 Å². The van der Waals surface area contributed by atoms with Crippen molar-refractivity contribution in [2.45, 2.75) is 0 Å². The third-order valence-corrected chi connectivity index (χ3v) is 5.32. The smallest absolute Gasteiger partial charge is 0.335 e. The fourth-order valence-corrected chi connectivity index (χ4v) is 3.60. The van der Waals surface area contributed by atoms with E-state index in [2.05, 4.69) is 27.2 Å². The topological polar surface area (TPSA) is 105 Å². The number of ether oxygens (including phenoxy) is 2. The summed E-state index contributed by atoms with van der Waals surface area (Å²) in [6.07, 6.45) is 6.59. The molecule has 2 N–H and O–H groups in total. The Morgan fingerprint density at radius 2 is 2.06 bits per heavy atom. The SMILES string of the molecule is C#CCOc1cc(Br)c(C=C2C(=O)NC(=S)N(c3cccc(C(=O)O)c3)C2=O)cc1OC. The molecule has 3 rings (SSSR count). The van der Waals surface area contributed by atoms with Gasteiger partial charge in [-0.15, -0.1) is 6.42 Å². The van der Waals surface area contributed by atoms with Gasteiger partial charge in [0.05, 0.1) is 18.4 Å². The zero-order chi connectivity index (χ0) is 23.4. The lowest BCUT2D eigenvalue weighted by atomic mass is 10.1. The molecule has 0 unspecified atom stereocenters. The zero-order valence-corrected chi connectivity index (χ0v) is 19.0. The van der Waals surface area contributed by atoms with E-state index in [0.29, 0.717) is 21.5 Å². The molecule has 0 spiro atoms. The summed E-state index contributed by atoms with van der Waals surface area (Å²) in [5, 5.41) is 11.5. The largest absolute Gasteiger partial charge is 0.493 e. The van der Waals surface area contributed by atoms with Gasteiger partial charge in [-0.1, -0.05) is 27.9 Å². The monoisotopic (exact) mass is 514 g/mol. The molecule has 162 valence electrons. The number of aromatic carboxylic acids is 1. The molecule has 1 aliphatic rings. The number of nitrogens with one attached hydrogen (secondary N) is 1. The zero-order valence-electron chi connectivity index (χ0n) is 16.5. The van der Waals surface area contributed by atoms with E-state index in [1.807, 2.05) is 0 Å². The molecule has 2 aromatic carbocycles. The van der Waals surface area contributed by atoms with Crippen LogP contribution in [0.3, 0.4) is 0 Å². The number of benzene rings is 2. The number of amides is 2. The van der Waals surface area contributed by atoms with Gasteiger partial charge in [0, 0.05) is 4.47 Å². The van der Waals surface area contributed by atoms with E-state index in [0.717, 1.165) is 4.90 Å². The van der Waals surface area contributed by atoms with Crippen molar-refractivity contribution in [3.8, 4) is 23.8 Å². The second kappa shape index (κ2) is 9.64. The Bertz CT molecular complexity index is 1220. The van der Waals surface area contributed by atoms with Gasteiger partial charge in [-0.05, 0) is 54.2 Å². The van der Waals surface area contributed by atoms with E-state index >= 15 is 0 Å². The van der Waals surface area contributed by atoms with Gasteiger partial charge in [-0.25, -0.2) is 4.79 Å². The first-order valence-corrected chi connectivity index (χ1v) is 10.2. The van der Waals surface area contributed by atoms with Crippen molar-refractivity contribution >= 4 is 62.8 Å². The van der Waals surface area contributed by atoms with Crippen molar-refractivity contribution in [3.05, 3.63) is 57.6 Å². The van der Waals surface area contributed by atoms with Crippen LogP contribution < -0.4 is 19.7 Å². The van der Waals surface area contributed by atoms with Crippen LogP contribution in [0.25, 0.3) is 6.08 Å². The van der Waals surface area contributed by atoms with Crippen molar-refractivity contribution < 1.29 is 29.0 Å². The molecule has 0 aromatic heterocycles. The summed E-state index contributed by atoms with van der Waals surface area (Å²) in [7, 11) is 1.44. The minimum atomic E-state index is -1.16. The molecule has 2 amide bonds. The standard InChI is InChI=1S/C22H15BrN2O6S/c1-3-7-31-18-11-16(23)13(10-17(18)30-2)9-15-19(26)24-22(32)25(20(15)27)14-6-4-5-12(8-14)21(28)29/h1,4-6,8-11H,7H2,2H3,(H,28,29)(H,24,26,32). The lowest BCUT2D eigenvalue weighted by molar-refractivity contribution is -0.122.